The summed E-state index contributed by atoms with van der Waals surface area (Å²) in [6.07, 6.45) is 7.17. The van der Waals surface area contributed by atoms with Gasteiger partial charge in [0.1, 0.15) is 5.75 Å². The van der Waals surface area contributed by atoms with Crippen LogP contribution in [0.2, 0.25) is 0 Å². The number of hydrogen-bond acceptors (Lipinski definition) is 3. The van der Waals surface area contributed by atoms with Crippen LogP contribution in [0.5, 0.6) is 5.75 Å². The van der Waals surface area contributed by atoms with E-state index < -0.39 is 0 Å². The van der Waals surface area contributed by atoms with Gasteiger partial charge in [-0.05, 0) is 68.3 Å². The maximum Gasteiger partial charge on any atom is 0.259 e. The van der Waals surface area contributed by atoms with Gasteiger partial charge in [-0.25, -0.2) is 0 Å². The highest BCUT2D eigenvalue weighted by atomic mass is 16.5. The van der Waals surface area contributed by atoms with Crippen LogP contribution in [0.25, 0.3) is 0 Å². The maximum atomic E-state index is 13.3. The molecule has 0 saturated heterocycles. The van der Waals surface area contributed by atoms with E-state index in [2.05, 4.69) is 12.2 Å². The number of rotatable bonds is 7. The van der Waals surface area contributed by atoms with Gasteiger partial charge in [-0.2, -0.15) is 0 Å². The van der Waals surface area contributed by atoms with Crippen LogP contribution in [-0.2, 0) is 9.59 Å². The third-order valence-electron chi connectivity index (χ3n) is 7.40. The van der Waals surface area contributed by atoms with Gasteiger partial charge in [-0.3, -0.25) is 9.59 Å². The van der Waals surface area contributed by atoms with E-state index in [9.17, 15) is 9.59 Å². The van der Waals surface area contributed by atoms with Crippen LogP contribution in [0.4, 0.5) is 0 Å². The Morgan fingerprint density at radius 2 is 1.69 bits per heavy atom. The normalized spacial score (nSPS) is 30.7. The average molecular weight is 399 g/mol. The van der Waals surface area contributed by atoms with Gasteiger partial charge in [0.2, 0.25) is 5.91 Å². The molecule has 0 radical (unpaired) electrons. The van der Waals surface area contributed by atoms with Crippen molar-refractivity contribution in [3.63, 3.8) is 0 Å². The number of nitrogens with one attached hydrogen (secondary N) is 1. The second kappa shape index (κ2) is 8.37. The number of amides is 2. The maximum absolute atomic E-state index is 13.3. The number of ether oxygens (including phenoxy) is 1. The lowest BCUT2D eigenvalue weighted by Crippen LogP contribution is -2.51. The SMILES string of the molecule is CCC(NC(=O)C1C2CC3CC(C2)CC1C3)c1ccccc1OCC(=O)N(C)C. The second-order valence-corrected chi connectivity index (χ2v) is 9.54. The second-order valence-electron chi connectivity index (χ2n) is 9.54. The smallest absolute Gasteiger partial charge is 0.259 e. The summed E-state index contributed by atoms with van der Waals surface area (Å²) >= 11 is 0. The summed E-state index contributed by atoms with van der Waals surface area (Å²) in [6, 6.07) is 7.67. The Bertz CT molecular complexity index is 732. The predicted octanol–water partition coefficient (Wildman–Crippen LogP) is 3.79. The molecule has 4 bridgehead atoms. The first kappa shape index (κ1) is 20.2. The van der Waals surface area contributed by atoms with Crippen molar-refractivity contribution in [2.45, 2.75) is 51.5 Å². The van der Waals surface area contributed by atoms with Crippen molar-refractivity contribution in [2.75, 3.05) is 20.7 Å². The summed E-state index contributed by atoms with van der Waals surface area (Å²) in [4.78, 5) is 26.8. The van der Waals surface area contributed by atoms with Crippen molar-refractivity contribution in [1.82, 2.24) is 10.2 Å². The van der Waals surface area contributed by atoms with Crippen LogP contribution in [0.15, 0.2) is 24.3 Å². The van der Waals surface area contributed by atoms with Crippen molar-refractivity contribution in [3.05, 3.63) is 29.8 Å². The molecule has 0 aromatic heterocycles. The Morgan fingerprint density at radius 1 is 1.07 bits per heavy atom. The van der Waals surface area contributed by atoms with Gasteiger partial charge in [0.25, 0.3) is 5.91 Å². The molecule has 1 aromatic rings. The zero-order valence-corrected chi connectivity index (χ0v) is 17.9. The molecule has 158 valence electrons. The Kier molecular flexibility index (Phi) is 5.84. The van der Waals surface area contributed by atoms with E-state index >= 15 is 0 Å². The molecule has 0 aliphatic heterocycles. The predicted molar refractivity (Wildman–Crippen MR) is 112 cm³/mol. The van der Waals surface area contributed by atoms with Crippen LogP contribution in [0.1, 0.15) is 57.1 Å². The van der Waals surface area contributed by atoms with Crippen LogP contribution >= 0.6 is 0 Å². The summed E-state index contributed by atoms with van der Waals surface area (Å²) in [5, 5.41) is 3.35. The Labute approximate surface area is 174 Å². The zero-order chi connectivity index (χ0) is 20.5. The molecule has 1 unspecified atom stereocenters. The molecule has 0 heterocycles. The first-order valence-electron chi connectivity index (χ1n) is 11.2. The van der Waals surface area contributed by atoms with E-state index in [1.807, 2.05) is 24.3 Å². The lowest BCUT2D eigenvalue weighted by molar-refractivity contribution is -0.139. The lowest BCUT2D eigenvalue weighted by atomic mass is 9.51. The summed E-state index contributed by atoms with van der Waals surface area (Å²) in [5.41, 5.74) is 0.957. The molecule has 4 aliphatic rings. The molecule has 5 heteroatoms. The van der Waals surface area contributed by atoms with E-state index in [1.165, 1.54) is 37.0 Å². The topological polar surface area (TPSA) is 58.6 Å². The number of nitrogens with zero attached hydrogens (tertiary/aromatic N) is 1. The molecule has 1 N–H and O–H groups in total. The minimum atomic E-state index is -0.0923. The van der Waals surface area contributed by atoms with Crippen molar-refractivity contribution in [3.8, 4) is 5.75 Å². The highest BCUT2D eigenvalue weighted by Crippen LogP contribution is 2.56. The highest BCUT2D eigenvalue weighted by Gasteiger charge is 2.50. The van der Waals surface area contributed by atoms with Crippen molar-refractivity contribution < 1.29 is 14.3 Å². The number of hydrogen-bond donors (Lipinski definition) is 1. The van der Waals surface area contributed by atoms with Crippen molar-refractivity contribution in [1.29, 1.82) is 0 Å². The van der Waals surface area contributed by atoms with Crippen molar-refractivity contribution in [2.24, 2.45) is 29.6 Å². The molecule has 4 saturated carbocycles. The molecular weight excluding hydrogens is 364 g/mol. The minimum absolute atomic E-state index is 0.00391. The van der Waals surface area contributed by atoms with Crippen LogP contribution in [0.3, 0.4) is 0 Å². The van der Waals surface area contributed by atoms with E-state index in [4.69, 9.17) is 4.74 Å². The third-order valence-corrected chi connectivity index (χ3v) is 7.40. The molecule has 29 heavy (non-hydrogen) atoms. The summed E-state index contributed by atoms with van der Waals surface area (Å²) in [5.74, 6) is 3.90. The molecule has 2 amide bonds. The van der Waals surface area contributed by atoms with Gasteiger partial charge >= 0.3 is 0 Å². The number of carbonyl (C=O) groups is 2. The fourth-order valence-corrected chi connectivity index (χ4v) is 6.19. The zero-order valence-electron chi connectivity index (χ0n) is 17.9. The van der Waals surface area contributed by atoms with Crippen LogP contribution in [0, 0.1) is 29.6 Å². The number of para-hydroxylation sites is 1. The monoisotopic (exact) mass is 398 g/mol. The standard InChI is InChI=1S/C24H34N2O3/c1-4-20(19-7-5-6-8-21(19)29-14-22(27)26(2)3)25-24(28)23-17-10-15-9-16(12-17)13-18(23)11-15/h5-8,15-18,20,23H,4,9-14H2,1-3H3,(H,25,28). The molecule has 4 aliphatic carbocycles. The summed E-state index contributed by atoms with van der Waals surface area (Å²) in [6.45, 7) is 2.09. The lowest BCUT2D eigenvalue weighted by Gasteiger charge is -2.53. The minimum Gasteiger partial charge on any atom is -0.483 e. The molecule has 5 rings (SSSR count). The Hall–Kier alpha value is -2.04. The quantitative estimate of drug-likeness (QED) is 0.760. The van der Waals surface area contributed by atoms with E-state index in [0.717, 1.165) is 23.8 Å². The molecular formula is C24H34N2O3. The Balaban J connectivity index is 1.45. The summed E-state index contributed by atoms with van der Waals surface area (Å²) in [7, 11) is 3.44. The highest BCUT2D eigenvalue weighted by molar-refractivity contribution is 5.80. The first-order chi connectivity index (χ1) is 14.0. The van der Waals surface area contributed by atoms with Gasteiger partial charge in [0.05, 0.1) is 6.04 Å². The van der Waals surface area contributed by atoms with Gasteiger partial charge < -0.3 is 15.0 Å². The van der Waals surface area contributed by atoms with Gasteiger partial charge in [0.15, 0.2) is 6.61 Å². The van der Waals surface area contributed by atoms with E-state index in [1.54, 1.807) is 14.1 Å². The molecule has 4 fully saturated rings. The van der Waals surface area contributed by atoms with E-state index in [-0.39, 0.29) is 30.4 Å². The van der Waals surface area contributed by atoms with E-state index in [0.29, 0.717) is 17.6 Å². The van der Waals surface area contributed by atoms with Gasteiger partial charge in [0, 0.05) is 25.6 Å². The first-order valence-corrected chi connectivity index (χ1v) is 11.2. The van der Waals surface area contributed by atoms with Crippen molar-refractivity contribution >= 4 is 11.8 Å². The van der Waals surface area contributed by atoms with Gasteiger partial charge in [-0.15, -0.1) is 0 Å². The summed E-state index contributed by atoms with van der Waals surface area (Å²) < 4.78 is 5.82. The number of likely N-dealkylation sites (N-methyl/N-ethyl adjacent to an activating group) is 1. The fourth-order valence-electron chi connectivity index (χ4n) is 6.19. The molecule has 1 aromatic carbocycles. The fraction of sp³-hybridized carbons (Fsp3) is 0.667. The molecule has 1 atom stereocenters. The number of carbonyl (C=O) groups excluding carboxylic acids is 2. The molecule has 0 spiro atoms. The average Bonchev–Trinajstić information content (AvgIpc) is 2.69. The Morgan fingerprint density at radius 3 is 2.28 bits per heavy atom. The van der Waals surface area contributed by atoms with Gasteiger partial charge in [-0.1, -0.05) is 25.1 Å². The molecule has 5 nitrogen and oxygen atoms in total. The third kappa shape index (κ3) is 4.15. The van der Waals surface area contributed by atoms with Crippen LogP contribution in [-0.4, -0.2) is 37.4 Å². The van der Waals surface area contributed by atoms with Crippen LogP contribution < -0.4 is 10.1 Å². The number of benzene rings is 1. The largest absolute Gasteiger partial charge is 0.483 e.